The minimum Gasteiger partial charge on any atom is -0.507 e. The van der Waals surface area contributed by atoms with E-state index in [0.29, 0.717) is 10.0 Å². The van der Waals surface area contributed by atoms with Crippen LogP contribution in [-0.2, 0) is 0 Å². The fourth-order valence-electron chi connectivity index (χ4n) is 1.70. The summed E-state index contributed by atoms with van der Waals surface area (Å²) in [6.45, 7) is 2.73. The zero-order chi connectivity index (χ0) is 18.6. The van der Waals surface area contributed by atoms with E-state index in [2.05, 4.69) is 31.9 Å². The summed E-state index contributed by atoms with van der Waals surface area (Å²) in [5, 5.41) is 18.9. The van der Waals surface area contributed by atoms with E-state index in [1.165, 1.54) is 26.0 Å². The summed E-state index contributed by atoms with van der Waals surface area (Å²) < 4.78 is 1.28. The van der Waals surface area contributed by atoms with Crippen molar-refractivity contribution in [1.29, 1.82) is 0 Å². The zero-order valence-electron chi connectivity index (χ0n) is 12.5. The van der Waals surface area contributed by atoms with Crippen molar-refractivity contribution in [3.63, 3.8) is 0 Å². The molecule has 2 aromatic carbocycles. The summed E-state index contributed by atoms with van der Waals surface area (Å²) in [4.78, 5) is 21.9. The summed E-state index contributed by atoms with van der Waals surface area (Å²) in [5.41, 5.74) is 0.389. The second kappa shape index (κ2) is 10.2. The number of halogens is 4. The molecule has 0 unspecified atom stereocenters. The molecular weight excluding hydrogens is 499 g/mol. The molecule has 0 aliphatic heterocycles. The molecule has 0 radical (unpaired) electrons. The lowest BCUT2D eigenvalue weighted by atomic mass is 10.1. The van der Waals surface area contributed by atoms with Crippen molar-refractivity contribution in [3.05, 3.63) is 54.4 Å². The maximum Gasteiger partial charge on any atom is 0.165 e. The average Bonchev–Trinajstić information content (AvgIpc) is 2.48. The smallest absolute Gasteiger partial charge is 0.165 e. The molecule has 136 valence electrons. The van der Waals surface area contributed by atoms with Gasteiger partial charge in [-0.3, -0.25) is 9.59 Å². The molecule has 0 aliphatic rings. The van der Waals surface area contributed by atoms with Crippen molar-refractivity contribution in [1.82, 2.24) is 0 Å². The molecule has 0 spiro atoms. The van der Waals surface area contributed by atoms with Gasteiger partial charge in [-0.2, -0.15) is 0 Å². The van der Waals surface area contributed by atoms with Crippen molar-refractivity contribution in [2.24, 2.45) is 0 Å². The van der Waals surface area contributed by atoms with Crippen LogP contribution in [0.4, 0.5) is 0 Å². The van der Waals surface area contributed by atoms with Crippen molar-refractivity contribution >= 4 is 66.6 Å². The molecule has 2 aromatic rings. The molecule has 0 heterocycles. The molecule has 0 aliphatic carbocycles. The fraction of sp³-hybridized carbons (Fsp3) is 0.176. The Morgan fingerprint density at radius 1 is 1.00 bits per heavy atom. The number of carbonyl (C=O) groups excluding carboxylic acids is 2. The van der Waals surface area contributed by atoms with E-state index >= 15 is 0 Å². The number of carbonyl (C=O) groups is 2. The molecule has 0 saturated carbocycles. The summed E-state index contributed by atoms with van der Waals surface area (Å²) in [5.74, 6) is -0.711. The number of hydrogen-bond acceptors (Lipinski definition) is 4. The molecular formula is C17H16Br2Cl2O4. The van der Waals surface area contributed by atoms with Crippen LogP contribution in [0.1, 0.15) is 42.0 Å². The van der Waals surface area contributed by atoms with Crippen LogP contribution in [0.5, 0.6) is 11.5 Å². The van der Waals surface area contributed by atoms with Crippen LogP contribution >= 0.6 is 55.1 Å². The maximum atomic E-state index is 11.1. The van der Waals surface area contributed by atoms with Crippen molar-refractivity contribution in [3.8, 4) is 11.5 Å². The Morgan fingerprint density at radius 2 is 1.56 bits per heavy atom. The normalized spacial score (nSPS) is 9.52. The lowest BCUT2D eigenvalue weighted by Gasteiger charge is -2.06. The Hall–Kier alpha value is -1.08. The molecule has 0 atom stereocenters. The van der Waals surface area contributed by atoms with Gasteiger partial charge in [-0.1, -0.05) is 46.6 Å². The summed E-state index contributed by atoms with van der Waals surface area (Å²) in [7, 11) is 0. The zero-order valence-corrected chi connectivity index (χ0v) is 17.2. The predicted octanol–water partition coefficient (Wildman–Crippen LogP) is 6.66. The van der Waals surface area contributed by atoms with Gasteiger partial charge in [0.15, 0.2) is 11.6 Å². The molecule has 25 heavy (non-hydrogen) atoms. The third-order valence-electron chi connectivity index (χ3n) is 2.84. The fourth-order valence-corrected chi connectivity index (χ4v) is 3.10. The molecule has 0 fully saturated rings. The van der Waals surface area contributed by atoms with E-state index in [9.17, 15) is 14.7 Å². The number of Topliss-reactive ketones (excluding diaryl/α,β-unsaturated/α-hetero) is 2. The van der Waals surface area contributed by atoms with Crippen LogP contribution in [0.15, 0.2) is 33.2 Å². The topological polar surface area (TPSA) is 74.6 Å². The number of benzene rings is 2. The highest BCUT2D eigenvalue weighted by molar-refractivity contribution is 9.10. The second-order valence-electron chi connectivity index (χ2n) is 4.65. The van der Waals surface area contributed by atoms with Crippen LogP contribution < -0.4 is 0 Å². The van der Waals surface area contributed by atoms with E-state index in [1.807, 2.05) is 0 Å². The first-order valence-electron chi connectivity index (χ1n) is 6.43. The molecule has 0 amide bonds. The van der Waals surface area contributed by atoms with Gasteiger partial charge in [-0.15, -0.1) is 0 Å². The van der Waals surface area contributed by atoms with Gasteiger partial charge < -0.3 is 10.2 Å². The number of aromatic hydroxyl groups is 2. The first kappa shape index (κ1) is 23.9. The molecule has 2 rings (SSSR count). The van der Waals surface area contributed by atoms with Crippen molar-refractivity contribution < 1.29 is 19.8 Å². The summed E-state index contributed by atoms with van der Waals surface area (Å²) in [6.07, 6.45) is 0. The Bertz CT molecular complexity index is 781. The number of hydrogen-bond donors (Lipinski definition) is 2. The standard InChI is InChI=1S/C8H5BrCl2O2.C8H7BrO2.CH4/c1-3(12)6-7(11)4(9)2-5(10)8(6)13;1-5(10)7-4-6(9)2-3-8(7)11;/h2,13H,1H3;2-4,11H,1H3;1H4. The average molecular weight is 515 g/mol. The number of ketones is 2. The van der Waals surface area contributed by atoms with Gasteiger partial charge in [-0.05, 0) is 54.0 Å². The quantitative estimate of drug-likeness (QED) is 0.347. The Kier molecular flexibility index (Phi) is 9.72. The highest BCUT2D eigenvalue weighted by Gasteiger charge is 2.17. The van der Waals surface area contributed by atoms with E-state index in [-0.39, 0.29) is 46.1 Å². The molecule has 8 heteroatoms. The predicted molar refractivity (Wildman–Crippen MR) is 108 cm³/mol. The highest BCUT2D eigenvalue weighted by atomic mass is 79.9. The van der Waals surface area contributed by atoms with Gasteiger partial charge in [0.25, 0.3) is 0 Å². The van der Waals surface area contributed by atoms with Gasteiger partial charge in [0.1, 0.15) is 11.5 Å². The number of phenols is 2. The van der Waals surface area contributed by atoms with Gasteiger partial charge in [0.2, 0.25) is 0 Å². The van der Waals surface area contributed by atoms with Crippen LogP contribution in [0.3, 0.4) is 0 Å². The summed E-state index contributed by atoms with van der Waals surface area (Å²) in [6, 6.07) is 6.20. The van der Waals surface area contributed by atoms with E-state index in [0.717, 1.165) is 4.47 Å². The van der Waals surface area contributed by atoms with Gasteiger partial charge >= 0.3 is 0 Å². The molecule has 0 aromatic heterocycles. The van der Waals surface area contributed by atoms with Crippen LogP contribution in [0, 0.1) is 0 Å². The van der Waals surface area contributed by atoms with Crippen molar-refractivity contribution in [2.45, 2.75) is 21.3 Å². The minimum atomic E-state index is -0.328. The molecule has 4 nitrogen and oxygen atoms in total. The third-order valence-corrected chi connectivity index (χ3v) is 4.86. The largest absolute Gasteiger partial charge is 0.507 e. The Morgan fingerprint density at radius 3 is 2.00 bits per heavy atom. The summed E-state index contributed by atoms with van der Waals surface area (Å²) >= 11 is 17.7. The Balaban J connectivity index is 0.000000449. The van der Waals surface area contributed by atoms with Crippen molar-refractivity contribution in [2.75, 3.05) is 0 Å². The Labute approximate surface area is 173 Å². The molecule has 0 saturated heterocycles. The lowest BCUT2D eigenvalue weighted by molar-refractivity contribution is 0.100. The lowest BCUT2D eigenvalue weighted by Crippen LogP contribution is -1.95. The first-order chi connectivity index (χ1) is 11.1. The minimum absolute atomic E-state index is 0. The number of rotatable bonds is 2. The van der Waals surface area contributed by atoms with E-state index in [1.54, 1.807) is 12.1 Å². The van der Waals surface area contributed by atoms with Gasteiger partial charge in [-0.25, -0.2) is 0 Å². The highest BCUT2D eigenvalue weighted by Crippen LogP contribution is 2.38. The second-order valence-corrected chi connectivity index (χ2v) is 7.21. The van der Waals surface area contributed by atoms with Gasteiger partial charge in [0.05, 0.1) is 21.2 Å². The van der Waals surface area contributed by atoms with Crippen LogP contribution in [0.2, 0.25) is 10.0 Å². The van der Waals surface area contributed by atoms with E-state index in [4.69, 9.17) is 28.3 Å². The van der Waals surface area contributed by atoms with Crippen LogP contribution in [0.25, 0.3) is 0 Å². The van der Waals surface area contributed by atoms with Gasteiger partial charge in [0, 0.05) is 8.95 Å². The third kappa shape index (κ3) is 6.29. The maximum absolute atomic E-state index is 11.1. The first-order valence-corrected chi connectivity index (χ1v) is 8.77. The molecule has 0 bridgehead atoms. The van der Waals surface area contributed by atoms with E-state index < -0.39 is 0 Å². The van der Waals surface area contributed by atoms with Crippen LogP contribution in [-0.4, -0.2) is 21.8 Å². The number of phenolic OH excluding ortho intramolecular Hbond substituents is 2. The molecule has 2 N–H and O–H groups in total. The monoisotopic (exact) mass is 512 g/mol. The SMILES string of the molecule is C.CC(=O)c1c(O)c(Cl)cc(Br)c1Cl.CC(=O)c1cc(Br)ccc1O.